The van der Waals surface area contributed by atoms with Crippen LogP contribution in [0.3, 0.4) is 0 Å². The van der Waals surface area contributed by atoms with Gasteiger partial charge in [0.2, 0.25) is 5.91 Å². The highest BCUT2D eigenvalue weighted by Gasteiger charge is 2.34. The van der Waals surface area contributed by atoms with E-state index in [-0.39, 0.29) is 22.8 Å². The average Bonchev–Trinajstić information content (AvgIpc) is 3.00. The van der Waals surface area contributed by atoms with E-state index in [2.05, 4.69) is 0 Å². The van der Waals surface area contributed by atoms with Crippen LogP contribution in [-0.2, 0) is 14.3 Å². The third-order valence-corrected chi connectivity index (χ3v) is 5.81. The summed E-state index contributed by atoms with van der Waals surface area (Å²) in [6.45, 7) is 13.2. The number of hydrogen-bond acceptors (Lipinski definition) is 4. The standard InChI is InChI=1S/C25H47NO4/c1-24(2,3)21(27)15-13-11-9-7-8-10-12-14-16-22(28)26-18-20(17-23(26)29)19-30-25(4,5)6/h20,23,29H,7-19H2,1-6H3/t20-,23-/m1/s1. The Morgan fingerprint density at radius 3 is 1.87 bits per heavy atom. The van der Waals surface area contributed by atoms with Crippen molar-refractivity contribution in [2.75, 3.05) is 13.2 Å². The van der Waals surface area contributed by atoms with E-state index in [1.807, 2.05) is 41.5 Å². The number of unbranched alkanes of at least 4 members (excludes halogenated alkanes) is 7. The van der Waals surface area contributed by atoms with Gasteiger partial charge >= 0.3 is 0 Å². The van der Waals surface area contributed by atoms with Crippen LogP contribution in [0.1, 0.15) is 112 Å². The molecule has 1 aliphatic heterocycles. The molecule has 0 aromatic heterocycles. The number of rotatable bonds is 13. The average molecular weight is 426 g/mol. The minimum atomic E-state index is -0.656. The lowest BCUT2D eigenvalue weighted by molar-refractivity contribution is -0.138. The molecule has 1 N–H and O–H groups in total. The minimum Gasteiger partial charge on any atom is -0.376 e. The molecule has 0 spiro atoms. The van der Waals surface area contributed by atoms with Gasteiger partial charge in [-0.1, -0.05) is 59.3 Å². The predicted octanol–water partition coefficient (Wildman–Crippen LogP) is 5.48. The van der Waals surface area contributed by atoms with Crippen molar-refractivity contribution in [3.05, 3.63) is 0 Å². The number of aliphatic hydroxyl groups is 1. The summed E-state index contributed by atoms with van der Waals surface area (Å²) < 4.78 is 5.81. The molecule has 176 valence electrons. The third kappa shape index (κ3) is 11.5. The van der Waals surface area contributed by atoms with Crippen LogP contribution in [0.25, 0.3) is 0 Å². The summed E-state index contributed by atoms with van der Waals surface area (Å²) in [4.78, 5) is 25.9. The predicted molar refractivity (Wildman–Crippen MR) is 122 cm³/mol. The summed E-state index contributed by atoms with van der Waals surface area (Å²) in [5.74, 6) is 0.662. The maximum atomic E-state index is 12.4. The smallest absolute Gasteiger partial charge is 0.224 e. The van der Waals surface area contributed by atoms with Gasteiger partial charge in [-0.25, -0.2) is 0 Å². The van der Waals surface area contributed by atoms with E-state index in [9.17, 15) is 14.7 Å². The number of likely N-dealkylation sites (tertiary alicyclic amines) is 1. The monoisotopic (exact) mass is 425 g/mol. The van der Waals surface area contributed by atoms with Gasteiger partial charge in [0.25, 0.3) is 0 Å². The molecule has 0 unspecified atom stereocenters. The van der Waals surface area contributed by atoms with E-state index in [1.165, 1.54) is 19.3 Å². The fraction of sp³-hybridized carbons (Fsp3) is 0.920. The van der Waals surface area contributed by atoms with Gasteiger partial charge in [0.15, 0.2) is 0 Å². The van der Waals surface area contributed by atoms with Crippen LogP contribution in [0, 0.1) is 11.3 Å². The lowest BCUT2D eigenvalue weighted by atomic mass is 9.88. The molecule has 1 aliphatic rings. The zero-order chi connectivity index (χ0) is 22.8. The molecular weight excluding hydrogens is 378 g/mol. The van der Waals surface area contributed by atoms with Gasteiger partial charge in [-0.3, -0.25) is 9.59 Å². The van der Waals surface area contributed by atoms with Crippen molar-refractivity contribution in [2.24, 2.45) is 11.3 Å². The van der Waals surface area contributed by atoms with Crippen molar-refractivity contribution in [3.63, 3.8) is 0 Å². The Morgan fingerprint density at radius 1 is 0.867 bits per heavy atom. The second-order valence-electron chi connectivity index (χ2n) is 11.1. The zero-order valence-electron chi connectivity index (χ0n) is 20.5. The molecule has 0 aliphatic carbocycles. The van der Waals surface area contributed by atoms with Gasteiger partial charge in [-0.05, 0) is 40.0 Å². The van der Waals surface area contributed by atoms with Crippen LogP contribution in [0.2, 0.25) is 0 Å². The highest BCUT2D eigenvalue weighted by Crippen LogP contribution is 2.25. The molecule has 2 atom stereocenters. The van der Waals surface area contributed by atoms with Crippen LogP contribution in [0.4, 0.5) is 0 Å². The molecule has 1 rings (SSSR count). The molecule has 0 aromatic rings. The Balaban J connectivity index is 2.04. The number of carbonyl (C=O) groups is 2. The number of ether oxygens (including phenoxy) is 1. The van der Waals surface area contributed by atoms with Crippen LogP contribution >= 0.6 is 0 Å². The van der Waals surface area contributed by atoms with E-state index >= 15 is 0 Å². The summed E-state index contributed by atoms with van der Waals surface area (Å²) in [5.41, 5.74) is -0.393. The topological polar surface area (TPSA) is 66.8 Å². The SMILES string of the molecule is CC(C)(C)OC[C@@H]1C[C@@H](O)N(C(=O)CCCCCCCCCCC(=O)C(C)(C)C)C1. The molecule has 5 heteroatoms. The number of nitrogens with zero attached hydrogens (tertiary/aromatic N) is 1. The Kier molecular flexibility index (Phi) is 11.6. The van der Waals surface area contributed by atoms with Gasteiger partial charge in [0.05, 0.1) is 12.2 Å². The van der Waals surface area contributed by atoms with Gasteiger partial charge in [0.1, 0.15) is 12.0 Å². The molecule has 1 fully saturated rings. The van der Waals surface area contributed by atoms with E-state index in [0.29, 0.717) is 38.2 Å². The molecule has 1 saturated heterocycles. The minimum absolute atomic E-state index is 0.0734. The van der Waals surface area contributed by atoms with Crippen LogP contribution in [0.5, 0.6) is 0 Å². The lowest BCUT2D eigenvalue weighted by Gasteiger charge is -2.22. The first kappa shape index (κ1) is 27.1. The summed E-state index contributed by atoms with van der Waals surface area (Å²) in [6.07, 6.45) is 10.0. The molecular formula is C25H47NO4. The largest absolute Gasteiger partial charge is 0.376 e. The maximum Gasteiger partial charge on any atom is 0.224 e. The number of ketones is 1. The van der Waals surface area contributed by atoms with Crippen molar-refractivity contribution in [1.82, 2.24) is 4.90 Å². The summed E-state index contributed by atoms with van der Waals surface area (Å²) in [7, 11) is 0. The first-order valence-electron chi connectivity index (χ1n) is 12.0. The summed E-state index contributed by atoms with van der Waals surface area (Å²) in [6, 6.07) is 0. The third-order valence-electron chi connectivity index (χ3n) is 5.81. The Morgan fingerprint density at radius 2 is 1.37 bits per heavy atom. The van der Waals surface area contributed by atoms with E-state index in [1.54, 1.807) is 4.90 Å². The van der Waals surface area contributed by atoms with Crippen LogP contribution in [0.15, 0.2) is 0 Å². The second-order valence-corrected chi connectivity index (χ2v) is 11.1. The quantitative estimate of drug-likeness (QED) is 0.397. The molecule has 0 radical (unpaired) electrons. The highest BCUT2D eigenvalue weighted by molar-refractivity contribution is 5.83. The van der Waals surface area contributed by atoms with Gasteiger partial charge in [0, 0.05) is 30.7 Å². The number of carbonyl (C=O) groups excluding carboxylic acids is 2. The van der Waals surface area contributed by atoms with Gasteiger partial charge in [-0.15, -0.1) is 0 Å². The number of aliphatic hydroxyl groups excluding tert-OH is 1. The fourth-order valence-electron chi connectivity index (χ4n) is 3.80. The molecule has 0 saturated carbocycles. The van der Waals surface area contributed by atoms with Crippen molar-refractivity contribution in [2.45, 2.75) is 124 Å². The first-order valence-corrected chi connectivity index (χ1v) is 12.0. The second kappa shape index (κ2) is 12.8. The van der Waals surface area contributed by atoms with E-state index < -0.39 is 6.23 Å². The highest BCUT2D eigenvalue weighted by atomic mass is 16.5. The Labute approximate surface area is 184 Å². The first-order chi connectivity index (χ1) is 13.9. The van der Waals surface area contributed by atoms with Crippen molar-refractivity contribution >= 4 is 11.7 Å². The number of Topliss-reactive ketones (excluding diaryl/α,β-unsaturated/α-hetero) is 1. The Bertz CT molecular complexity index is 518. The molecule has 0 aromatic carbocycles. The Hall–Kier alpha value is -0.940. The maximum absolute atomic E-state index is 12.4. The summed E-state index contributed by atoms with van der Waals surface area (Å²) in [5, 5.41) is 10.2. The van der Waals surface area contributed by atoms with Crippen LogP contribution in [-0.4, -0.2) is 46.7 Å². The number of amides is 1. The van der Waals surface area contributed by atoms with Gasteiger partial charge < -0.3 is 14.7 Å². The molecule has 1 amide bonds. The van der Waals surface area contributed by atoms with Crippen molar-refractivity contribution in [3.8, 4) is 0 Å². The van der Waals surface area contributed by atoms with Gasteiger partial charge in [-0.2, -0.15) is 0 Å². The molecule has 5 nitrogen and oxygen atoms in total. The van der Waals surface area contributed by atoms with E-state index in [0.717, 1.165) is 32.1 Å². The van der Waals surface area contributed by atoms with E-state index in [4.69, 9.17) is 4.74 Å². The van der Waals surface area contributed by atoms with Crippen molar-refractivity contribution in [1.29, 1.82) is 0 Å². The van der Waals surface area contributed by atoms with Crippen molar-refractivity contribution < 1.29 is 19.4 Å². The fourth-order valence-corrected chi connectivity index (χ4v) is 3.80. The molecule has 30 heavy (non-hydrogen) atoms. The lowest BCUT2D eigenvalue weighted by Crippen LogP contribution is -2.35. The normalized spacial score (nSPS) is 20.0. The zero-order valence-corrected chi connectivity index (χ0v) is 20.5. The number of hydrogen-bond donors (Lipinski definition) is 1. The molecule has 1 heterocycles. The summed E-state index contributed by atoms with van der Waals surface area (Å²) >= 11 is 0. The molecule has 0 bridgehead atoms. The van der Waals surface area contributed by atoms with Crippen LogP contribution < -0.4 is 0 Å².